The molecule has 1 atom stereocenters. The molecule has 0 radical (unpaired) electrons. The molecule has 0 heterocycles. The van der Waals surface area contributed by atoms with Gasteiger partial charge in [-0.25, -0.2) is 0 Å². The van der Waals surface area contributed by atoms with Crippen LogP contribution >= 0.6 is 0 Å². The van der Waals surface area contributed by atoms with E-state index in [1.165, 1.54) is 7.11 Å². The van der Waals surface area contributed by atoms with Gasteiger partial charge in [0.2, 0.25) is 0 Å². The Bertz CT molecular complexity index is 368. The van der Waals surface area contributed by atoms with Crippen molar-refractivity contribution in [1.29, 1.82) is 0 Å². The third-order valence-corrected chi connectivity index (χ3v) is 3.00. The minimum Gasteiger partial charge on any atom is -0.494 e. The first kappa shape index (κ1) is 14.6. The summed E-state index contributed by atoms with van der Waals surface area (Å²) in [4.78, 5) is 11.7. The molecule has 0 aliphatic heterocycles. The second-order valence-electron chi connectivity index (χ2n) is 4.65. The molecule has 0 aromatic heterocycles. The Balaban J connectivity index is 2.72. The van der Waals surface area contributed by atoms with Crippen molar-refractivity contribution in [3.05, 3.63) is 29.8 Å². The fraction of sp³-hybridized carbons (Fsp3) is 0.533. The Morgan fingerprint density at radius 1 is 1.22 bits per heavy atom. The number of rotatable bonds is 6. The smallest absolute Gasteiger partial charge is 0.309 e. The van der Waals surface area contributed by atoms with Crippen molar-refractivity contribution < 1.29 is 14.3 Å². The van der Waals surface area contributed by atoms with Crippen molar-refractivity contribution in [2.45, 2.75) is 27.2 Å². The fourth-order valence-electron chi connectivity index (χ4n) is 1.88. The van der Waals surface area contributed by atoms with Gasteiger partial charge in [0.15, 0.2) is 0 Å². The number of benzene rings is 1. The van der Waals surface area contributed by atoms with Crippen LogP contribution in [0.15, 0.2) is 24.3 Å². The molecular formula is C15H22O3. The van der Waals surface area contributed by atoms with E-state index in [1.54, 1.807) is 0 Å². The summed E-state index contributed by atoms with van der Waals surface area (Å²) >= 11 is 0. The topological polar surface area (TPSA) is 35.5 Å². The molecule has 1 aromatic rings. The Morgan fingerprint density at radius 2 is 1.83 bits per heavy atom. The molecule has 0 N–H and O–H groups in total. The summed E-state index contributed by atoms with van der Waals surface area (Å²) in [6.07, 6.45) is 0.705. The largest absolute Gasteiger partial charge is 0.494 e. The zero-order valence-electron chi connectivity index (χ0n) is 11.6. The molecule has 3 nitrogen and oxygen atoms in total. The average Bonchev–Trinajstić information content (AvgIpc) is 2.37. The maximum absolute atomic E-state index is 11.7. The van der Waals surface area contributed by atoms with Crippen LogP contribution in [-0.4, -0.2) is 19.7 Å². The third-order valence-electron chi connectivity index (χ3n) is 3.00. The van der Waals surface area contributed by atoms with Gasteiger partial charge in [0.1, 0.15) is 5.75 Å². The molecule has 0 aliphatic carbocycles. The summed E-state index contributed by atoms with van der Waals surface area (Å²) in [5, 5.41) is 0. The van der Waals surface area contributed by atoms with Crippen LogP contribution in [0, 0.1) is 11.8 Å². The number of carbonyl (C=O) groups excluding carboxylic acids is 1. The lowest BCUT2D eigenvalue weighted by atomic mass is 9.89. The normalized spacial score (nSPS) is 12.3. The zero-order chi connectivity index (χ0) is 13.5. The number of methoxy groups -OCH3 is 1. The molecule has 1 unspecified atom stereocenters. The number of hydrogen-bond acceptors (Lipinski definition) is 3. The highest BCUT2D eigenvalue weighted by atomic mass is 16.5. The molecule has 1 rings (SSSR count). The molecule has 18 heavy (non-hydrogen) atoms. The van der Waals surface area contributed by atoms with Crippen LogP contribution in [0.1, 0.15) is 26.3 Å². The lowest BCUT2D eigenvalue weighted by Gasteiger charge is -2.18. The van der Waals surface area contributed by atoms with Crippen molar-refractivity contribution in [2.75, 3.05) is 13.7 Å². The summed E-state index contributed by atoms with van der Waals surface area (Å²) in [6.45, 7) is 6.70. The molecule has 0 aliphatic rings. The van der Waals surface area contributed by atoms with Crippen molar-refractivity contribution in [2.24, 2.45) is 11.8 Å². The van der Waals surface area contributed by atoms with E-state index >= 15 is 0 Å². The van der Waals surface area contributed by atoms with Crippen molar-refractivity contribution in [1.82, 2.24) is 0 Å². The van der Waals surface area contributed by atoms with Gasteiger partial charge in [-0.05, 0) is 37.0 Å². The van der Waals surface area contributed by atoms with E-state index in [0.717, 1.165) is 11.3 Å². The predicted molar refractivity (Wildman–Crippen MR) is 71.7 cm³/mol. The highest BCUT2D eigenvalue weighted by Crippen LogP contribution is 2.20. The average molecular weight is 250 g/mol. The highest BCUT2D eigenvalue weighted by molar-refractivity contribution is 5.72. The van der Waals surface area contributed by atoms with E-state index in [2.05, 4.69) is 0 Å². The molecule has 100 valence electrons. The first-order valence-electron chi connectivity index (χ1n) is 6.38. The standard InChI is InChI=1S/C15H22O3/c1-5-18-13-8-6-12(7-9-13)10-14(11(2)3)15(16)17-4/h6-9,11,14H,5,10H2,1-4H3. The number of ether oxygens (including phenoxy) is 2. The highest BCUT2D eigenvalue weighted by Gasteiger charge is 2.23. The fourth-order valence-corrected chi connectivity index (χ4v) is 1.88. The molecule has 0 bridgehead atoms. The van der Waals surface area contributed by atoms with E-state index in [-0.39, 0.29) is 17.8 Å². The Morgan fingerprint density at radius 3 is 2.28 bits per heavy atom. The number of esters is 1. The molecule has 0 spiro atoms. The maximum Gasteiger partial charge on any atom is 0.309 e. The summed E-state index contributed by atoms with van der Waals surface area (Å²) in [5.74, 6) is 0.899. The SMILES string of the molecule is CCOc1ccc(CC(C(=O)OC)C(C)C)cc1. The van der Waals surface area contributed by atoms with Crippen LogP contribution in [0.5, 0.6) is 5.75 Å². The zero-order valence-corrected chi connectivity index (χ0v) is 11.6. The van der Waals surface area contributed by atoms with Crippen molar-refractivity contribution >= 4 is 5.97 Å². The Hall–Kier alpha value is -1.51. The van der Waals surface area contributed by atoms with Crippen LogP contribution in [0.4, 0.5) is 0 Å². The molecular weight excluding hydrogens is 228 g/mol. The maximum atomic E-state index is 11.7. The first-order valence-corrected chi connectivity index (χ1v) is 6.38. The van der Waals surface area contributed by atoms with E-state index in [4.69, 9.17) is 9.47 Å². The summed E-state index contributed by atoms with van der Waals surface area (Å²) in [5.41, 5.74) is 1.13. The molecule has 0 amide bonds. The van der Waals surface area contributed by atoms with Gasteiger partial charge in [-0.15, -0.1) is 0 Å². The number of carbonyl (C=O) groups is 1. The molecule has 0 fully saturated rings. The van der Waals surface area contributed by atoms with Gasteiger partial charge in [0, 0.05) is 0 Å². The van der Waals surface area contributed by atoms with E-state index in [9.17, 15) is 4.79 Å². The lowest BCUT2D eigenvalue weighted by molar-refractivity contribution is -0.146. The lowest BCUT2D eigenvalue weighted by Crippen LogP contribution is -2.23. The van der Waals surface area contributed by atoms with Gasteiger partial charge in [0.25, 0.3) is 0 Å². The monoisotopic (exact) mass is 250 g/mol. The van der Waals surface area contributed by atoms with Gasteiger partial charge in [-0.1, -0.05) is 26.0 Å². The van der Waals surface area contributed by atoms with Gasteiger partial charge < -0.3 is 9.47 Å². The quantitative estimate of drug-likeness (QED) is 0.728. The van der Waals surface area contributed by atoms with Crippen LogP contribution in [0.3, 0.4) is 0 Å². The van der Waals surface area contributed by atoms with Gasteiger partial charge in [-0.3, -0.25) is 4.79 Å². The van der Waals surface area contributed by atoms with E-state index in [0.29, 0.717) is 13.0 Å². The van der Waals surface area contributed by atoms with E-state index < -0.39 is 0 Å². The van der Waals surface area contributed by atoms with Gasteiger partial charge in [-0.2, -0.15) is 0 Å². The Labute approximate surface area is 109 Å². The first-order chi connectivity index (χ1) is 8.58. The van der Waals surface area contributed by atoms with Gasteiger partial charge in [0.05, 0.1) is 19.6 Å². The second-order valence-corrected chi connectivity index (χ2v) is 4.65. The van der Waals surface area contributed by atoms with Crippen molar-refractivity contribution in [3.63, 3.8) is 0 Å². The van der Waals surface area contributed by atoms with Crippen LogP contribution < -0.4 is 4.74 Å². The van der Waals surface area contributed by atoms with Crippen LogP contribution in [0.25, 0.3) is 0 Å². The predicted octanol–water partition coefficient (Wildman–Crippen LogP) is 3.07. The van der Waals surface area contributed by atoms with Gasteiger partial charge >= 0.3 is 5.97 Å². The summed E-state index contributed by atoms with van der Waals surface area (Å²) < 4.78 is 10.2. The third kappa shape index (κ3) is 4.06. The van der Waals surface area contributed by atoms with Crippen molar-refractivity contribution in [3.8, 4) is 5.75 Å². The molecule has 0 saturated heterocycles. The van der Waals surface area contributed by atoms with Crippen LogP contribution in [0.2, 0.25) is 0 Å². The summed E-state index contributed by atoms with van der Waals surface area (Å²) in [7, 11) is 1.44. The molecule has 0 saturated carbocycles. The minimum atomic E-state index is -0.140. The van der Waals surface area contributed by atoms with E-state index in [1.807, 2.05) is 45.0 Å². The Kier molecular flexibility index (Phi) is 5.69. The summed E-state index contributed by atoms with van der Waals surface area (Å²) in [6, 6.07) is 7.88. The second kappa shape index (κ2) is 7.04. The molecule has 1 aromatic carbocycles. The minimum absolute atomic E-state index is 0.0899. The molecule has 3 heteroatoms. The number of hydrogen-bond donors (Lipinski definition) is 0. The van der Waals surface area contributed by atoms with Crippen LogP contribution in [-0.2, 0) is 16.0 Å².